The van der Waals surface area contributed by atoms with Gasteiger partial charge < -0.3 is 0 Å². The van der Waals surface area contributed by atoms with Crippen molar-refractivity contribution >= 4 is 11.8 Å². The zero-order chi connectivity index (χ0) is 14.1. The Morgan fingerprint density at radius 3 is 2.35 bits per heavy atom. The van der Waals surface area contributed by atoms with Crippen LogP contribution >= 0.6 is 0 Å². The summed E-state index contributed by atoms with van der Waals surface area (Å²) in [6.45, 7) is 3.59. The van der Waals surface area contributed by atoms with Crippen molar-refractivity contribution in [3.05, 3.63) is 35.4 Å². The molecule has 0 aliphatic carbocycles. The molecule has 2 aliphatic heterocycles. The lowest BCUT2D eigenvalue weighted by molar-refractivity contribution is 0.0417. The fourth-order valence-electron chi connectivity index (χ4n) is 3.26. The molecule has 0 aromatic heterocycles. The van der Waals surface area contributed by atoms with E-state index >= 15 is 0 Å². The third-order valence-corrected chi connectivity index (χ3v) is 4.42. The minimum absolute atomic E-state index is 0.147. The van der Waals surface area contributed by atoms with Crippen LogP contribution < -0.4 is 0 Å². The number of piperidine rings is 1. The first kappa shape index (κ1) is 13.3. The second kappa shape index (κ2) is 5.37. The van der Waals surface area contributed by atoms with E-state index in [2.05, 4.69) is 11.8 Å². The van der Waals surface area contributed by atoms with Crippen molar-refractivity contribution in [2.45, 2.75) is 38.6 Å². The molecule has 0 unspecified atom stereocenters. The molecule has 0 radical (unpaired) electrons. The number of benzene rings is 1. The van der Waals surface area contributed by atoms with Gasteiger partial charge in [-0.3, -0.25) is 19.4 Å². The first-order chi connectivity index (χ1) is 9.72. The molecule has 2 heterocycles. The van der Waals surface area contributed by atoms with Gasteiger partial charge in [0.2, 0.25) is 0 Å². The molecule has 1 atom stereocenters. The topological polar surface area (TPSA) is 40.6 Å². The van der Waals surface area contributed by atoms with E-state index in [1.165, 1.54) is 17.7 Å². The smallest absolute Gasteiger partial charge is 0.262 e. The Hall–Kier alpha value is -1.68. The van der Waals surface area contributed by atoms with E-state index in [9.17, 15) is 9.59 Å². The normalized spacial score (nSPS) is 23.2. The van der Waals surface area contributed by atoms with E-state index in [0.717, 1.165) is 19.4 Å². The zero-order valence-electron chi connectivity index (χ0n) is 11.8. The third-order valence-electron chi connectivity index (χ3n) is 4.42. The van der Waals surface area contributed by atoms with Crippen molar-refractivity contribution in [3.63, 3.8) is 0 Å². The van der Waals surface area contributed by atoms with E-state index in [-0.39, 0.29) is 11.8 Å². The molecule has 1 saturated heterocycles. The summed E-state index contributed by atoms with van der Waals surface area (Å²) in [5.41, 5.74) is 1.09. The SMILES string of the molecule is CC[C@@H]1CCCCN1CN1C(=O)c2ccccc2C1=O. The predicted molar refractivity (Wildman–Crippen MR) is 76.4 cm³/mol. The molecule has 0 spiro atoms. The van der Waals surface area contributed by atoms with Crippen molar-refractivity contribution in [2.24, 2.45) is 0 Å². The van der Waals surface area contributed by atoms with Crippen LogP contribution in [0.25, 0.3) is 0 Å². The largest absolute Gasteiger partial charge is 0.283 e. The Labute approximate surface area is 119 Å². The van der Waals surface area contributed by atoms with Crippen molar-refractivity contribution in [1.82, 2.24) is 9.80 Å². The summed E-state index contributed by atoms with van der Waals surface area (Å²) < 4.78 is 0. The van der Waals surface area contributed by atoms with Crippen LogP contribution in [0, 0.1) is 0 Å². The molecule has 2 amide bonds. The van der Waals surface area contributed by atoms with Gasteiger partial charge in [-0.15, -0.1) is 0 Å². The van der Waals surface area contributed by atoms with Gasteiger partial charge in [-0.05, 0) is 31.4 Å². The number of hydrogen-bond donors (Lipinski definition) is 0. The maximum Gasteiger partial charge on any atom is 0.262 e. The standard InChI is InChI=1S/C16H20N2O2/c1-2-12-7-5-6-10-17(12)11-18-15(19)13-8-3-4-9-14(13)16(18)20/h3-4,8-9,12H,2,5-7,10-11H2,1H3/t12-/m1/s1. The van der Waals surface area contributed by atoms with Crippen molar-refractivity contribution in [2.75, 3.05) is 13.2 Å². The fraction of sp³-hybridized carbons (Fsp3) is 0.500. The molecule has 1 fully saturated rings. The van der Waals surface area contributed by atoms with Gasteiger partial charge in [0.15, 0.2) is 0 Å². The van der Waals surface area contributed by atoms with Gasteiger partial charge in [0.25, 0.3) is 11.8 Å². The molecule has 0 N–H and O–H groups in total. The number of carbonyl (C=O) groups is 2. The van der Waals surface area contributed by atoms with Gasteiger partial charge in [0, 0.05) is 12.6 Å². The van der Waals surface area contributed by atoms with E-state index in [1.54, 1.807) is 12.1 Å². The average Bonchev–Trinajstić information content (AvgIpc) is 2.73. The van der Waals surface area contributed by atoms with Gasteiger partial charge in [-0.25, -0.2) is 0 Å². The average molecular weight is 272 g/mol. The van der Waals surface area contributed by atoms with Crippen LogP contribution in [0.1, 0.15) is 53.3 Å². The van der Waals surface area contributed by atoms with E-state index < -0.39 is 0 Å². The maximum absolute atomic E-state index is 12.4. The minimum atomic E-state index is -0.147. The summed E-state index contributed by atoms with van der Waals surface area (Å²) in [6, 6.07) is 7.59. The Balaban J connectivity index is 1.79. The highest BCUT2D eigenvalue weighted by Gasteiger charge is 2.37. The van der Waals surface area contributed by atoms with Crippen LogP contribution in [0.15, 0.2) is 24.3 Å². The van der Waals surface area contributed by atoms with Crippen molar-refractivity contribution in [1.29, 1.82) is 0 Å². The Morgan fingerprint density at radius 1 is 1.10 bits per heavy atom. The highest BCUT2D eigenvalue weighted by molar-refractivity contribution is 6.21. The predicted octanol–water partition coefficient (Wildman–Crippen LogP) is 2.50. The summed E-state index contributed by atoms with van der Waals surface area (Å²) in [5, 5.41) is 0. The number of fused-ring (bicyclic) bond motifs is 1. The van der Waals surface area contributed by atoms with Crippen molar-refractivity contribution < 1.29 is 9.59 Å². The highest BCUT2D eigenvalue weighted by atomic mass is 16.2. The number of carbonyl (C=O) groups excluding carboxylic acids is 2. The molecule has 20 heavy (non-hydrogen) atoms. The van der Waals surface area contributed by atoms with Crippen LogP contribution in [-0.2, 0) is 0 Å². The molecule has 1 aromatic rings. The second-order valence-electron chi connectivity index (χ2n) is 5.60. The van der Waals surface area contributed by atoms with Gasteiger partial charge in [0.1, 0.15) is 0 Å². The first-order valence-electron chi connectivity index (χ1n) is 7.41. The lowest BCUT2D eigenvalue weighted by Gasteiger charge is -2.37. The summed E-state index contributed by atoms with van der Waals surface area (Å²) in [4.78, 5) is 28.4. The minimum Gasteiger partial charge on any atom is -0.283 e. The van der Waals surface area contributed by atoms with Crippen LogP contribution in [-0.4, -0.2) is 40.9 Å². The molecule has 3 rings (SSSR count). The second-order valence-corrected chi connectivity index (χ2v) is 5.60. The Morgan fingerprint density at radius 2 is 1.75 bits per heavy atom. The molecule has 1 aromatic carbocycles. The van der Waals surface area contributed by atoms with E-state index in [0.29, 0.717) is 23.8 Å². The number of likely N-dealkylation sites (tertiary alicyclic amines) is 1. The van der Waals surface area contributed by atoms with E-state index in [4.69, 9.17) is 0 Å². The van der Waals surface area contributed by atoms with Crippen LogP contribution in [0.4, 0.5) is 0 Å². The molecule has 0 saturated carbocycles. The molecule has 4 heteroatoms. The number of amides is 2. The van der Waals surface area contributed by atoms with Gasteiger partial charge >= 0.3 is 0 Å². The Bertz CT molecular complexity index is 506. The van der Waals surface area contributed by atoms with E-state index in [1.807, 2.05) is 12.1 Å². The van der Waals surface area contributed by atoms with Crippen LogP contribution in [0.2, 0.25) is 0 Å². The van der Waals surface area contributed by atoms with Gasteiger partial charge in [-0.1, -0.05) is 25.5 Å². The van der Waals surface area contributed by atoms with Crippen molar-refractivity contribution in [3.8, 4) is 0 Å². The molecular weight excluding hydrogens is 252 g/mol. The summed E-state index contributed by atoms with van der Waals surface area (Å²) in [6.07, 6.45) is 4.64. The summed E-state index contributed by atoms with van der Waals surface area (Å²) >= 11 is 0. The number of rotatable bonds is 3. The number of nitrogens with zero attached hydrogens (tertiary/aromatic N) is 2. The summed E-state index contributed by atoms with van der Waals surface area (Å²) in [7, 11) is 0. The molecule has 106 valence electrons. The fourth-order valence-corrected chi connectivity index (χ4v) is 3.26. The van der Waals surface area contributed by atoms with Gasteiger partial charge in [-0.2, -0.15) is 0 Å². The molecule has 2 aliphatic rings. The van der Waals surface area contributed by atoms with Crippen LogP contribution in [0.5, 0.6) is 0 Å². The highest BCUT2D eigenvalue weighted by Crippen LogP contribution is 2.25. The molecule has 4 nitrogen and oxygen atoms in total. The molecular formula is C16H20N2O2. The zero-order valence-corrected chi connectivity index (χ0v) is 11.8. The quantitative estimate of drug-likeness (QED) is 0.794. The number of hydrogen-bond acceptors (Lipinski definition) is 3. The lowest BCUT2D eigenvalue weighted by Crippen LogP contribution is -2.47. The Kier molecular flexibility index (Phi) is 3.57. The number of imide groups is 1. The maximum atomic E-state index is 12.4. The lowest BCUT2D eigenvalue weighted by atomic mass is 10.0. The third kappa shape index (κ3) is 2.14. The molecule has 0 bridgehead atoms. The first-order valence-corrected chi connectivity index (χ1v) is 7.41. The summed E-state index contributed by atoms with van der Waals surface area (Å²) in [5.74, 6) is -0.294. The van der Waals surface area contributed by atoms with Crippen LogP contribution in [0.3, 0.4) is 0 Å². The van der Waals surface area contributed by atoms with Gasteiger partial charge in [0.05, 0.1) is 17.8 Å². The monoisotopic (exact) mass is 272 g/mol.